The highest BCUT2D eigenvalue weighted by Gasteiger charge is 2.28. The van der Waals surface area contributed by atoms with E-state index in [-0.39, 0.29) is 42.8 Å². The summed E-state index contributed by atoms with van der Waals surface area (Å²) >= 11 is 0. The Kier molecular flexibility index (Phi) is 8.05. The Morgan fingerprint density at radius 1 is 0.939 bits per heavy atom. The summed E-state index contributed by atoms with van der Waals surface area (Å²) in [4.78, 5) is 15.0. The number of furan rings is 1. The van der Waals surface area contributed by atoms with Crippen molar-refractivity contribution in [2.75, 3.05) is 13.1 Å². The van der Waals surface area contributed by atoms with E-state index in [9.17, 15) is 17.6 Å². The first kappa shape index (κ1) is 24.7. The number of hydrogen-bond acceptors (Lipinski definition) is 4. The molecule has 6 nitrogen and oxygen atoms in total. The number of rotatable bonds is 10. The van der Waals surface area contributed by atoms with E-state index in [2.05, 4.69) is 0 Å². The molecule has 1 amide bonds. The molecule has 0 saturated heterocycles. The third-order valence-corrected chi connectivity index (χ3v) is 7.08. The lowest BCUT2D eigenvalue weighted by Gasteiger charge is -2.27. The van der Waals surface area contributed by atoms with Crippen LogP contribution in [0.2, 0.25) is 0 Å². The van der Waals surface area contributed by atoms with Gasteiger partial charge in [-0.05, 0) is 62.2 Å². The van der Waals surface area contributed by atoms with Gasteiger partial charge in [0.05, 0.1) is 18.0 Å². The molecule has 3 rings (SSSR count). The normalized spacial score (nSPS) is 11.7. The molecule has 0 aliphatic heterocycles. The standard InChI is InChI=1S/C25H29FN2O4S/c1-4-15-28(33(30,31)24-13-5-19(2)6-14-24)18-25(29)27(17-23-12-7-20(3)32-23)16-21-8-10-22(26)11-9-21/h5-14H,4,15-18H2,1-3H3. The summed E-state index contributed by atoms with van der Waals surface area (Å²) in [5, 5.41) is 0. The second-order valence-electron chi connectivity index (χ2n) is 8.04. The van der Waals surface area contributed by atoms with Crippen LogP contribution in [0.5, 0.6) is 0 Å². The van der Waals surface area contributed by atoms with Crippen molar-refractivity contribution in [3.8, 4) is 0 Å². The molecule has 0 aliphatic carbocycles. The quantitative estimate of drug-likeness (QED) is 0.430. The molecule has 1 aromatic heterocycles. The molecule has 0 atom stereocenters. The summed E-state index contributed by atoms with van der Waals surface area (Å²) in [7, 11) is -3.84. The fourth-order valence-corrected chi connectivity index (χ4v) is 4.93. The smallest absolute Gasteiger partial charge is 0.243 e. The summed E-state index contributed by atoms with van der Waals surface area (Å²) in [5.41, 5.74) is 1.68. The van der Waals surface area contributed by atoms with E-state index in [1.807, 2.05) is 20.8 Å². The van der Waals surface area contributed by atoms with Crippen molar-refractivity contribution < 1.29 is 22.0 Å². The second kappa shape index (κ2) is 10.8. The van der Waals surface area contributed by atoms with Crippen LogP contribution in [0.3, 0.4) is 0 Å². The first-order chi connectivity index (χ1) is 15.7. The molecule has 0 saturated carbocycles. The lowest BCUT2D eigenvalue weighted by atomic mass is 10.2. The SMILES string of the molecule is CCCN(CC(=O)N(Cc1ccc(F)cc1)Cc1ccc(C)o1)S(=O)(=O)c1ccc(C)cc1. The van der Waals surface area contributed by atoms with Crippen LogP contribution < -0.4 is 0 Å². The van der Waals surface area contributed by atoms with E-state index in [0.29, 0.717) is 17.9 Å². The van der Waals surface area contributed by atoms with Crippen LogP contribution >= 0.6 is 0 Å². The van der Waals surface area contributed by atoms with Gasteiger partial charge in [0.1, 0.15) is 17.3 Å². The molecular formula is C25H29FN2O4S. The van der Waals surface area contributed by atoms with Gasteiger partial charge in [-0.3, -0.25) is 4.79 Å². The number of nitrogens with zero attached hydrogens (tertiary/aromatic N) is 2. The van der Waals surface area contributed by atoms with E-state index in [4.69, 9.17) is 4.42 Å². The Morgan fingerprint density at radius 3 is 2.18 bits per heavy atom. The summed E-state index contributed by atoms with van der Waals surface area (Å²) in [5.74, 6) is 0.578. The zero-order valence-electron chi connectivity index (χ0n) is 19.1. The highest BCUT2D eigenvalue weighted by atomic mass is 32.2. The van der Waals surface area contributed by atoms with Gasteiger partial charge in [0, 0.05) is 13.1 Å². The molecule has 0 N–H and O–H groups in total. The first-order valence-electron chi connectivity index (χ1n) is 10.8. The van der Waals surface area contributed by atoms with Crippen LogP contribution in [0.15, 0.2) is 70.0 Å². The van der Waals surface area contributed by atoms with Gasteiger partial charge in [0.2, 0.25) is 15.9 Å². The molecule has 0 fully saturated rings. The maximum Gasteiger partial charge on any atom is 0.243 e. The molecule has 33 heavy (non-hydrogen) atoms. The fourth-order valence-electron chi connectivity index (χ4n) is 3.44. The van der Waals surface area contributed by atoms with E-state index < -0.39 is 10.0 Å². The Morgan fingerprint density at radius 2 is 1.61 bits per heavy atom. The average molecular weight is 473 g/mol. The number of aryl methyl sites for hydroxylation is 2. The molecule has 0 spiro atoms. The molecule has 8 heteroatoms. The predicted octanol–water partition coefficient (Wildman–Crippen LogP) is 4.67. The molecule has 0 radical (unpaired) electrons. The van der Waals surface area contributed by atoms with Crippen LogP contribution in [-0.2, 0) is 27.9 Å². The summed E-state index contributed by atoms with van der Waals surface area (Å²) in [6, 6.07) is 16.1. The Labute approximate surface area is 194 Å². The van der Waals surface area contributed by atoms with Crippen LogP contribution in [0, 0.1) is 19.7 Å². The summed E-state index contributed by atoms with van der Waals surface area (Å²) in [6.45, 7) is 5.85. The van der Waals surface area contributed by atoms with Crippen LogP contribution in [0.25, 0.3) is 0 Å². The van der Waals surface area contributed by atoms with Crippen LogP contribution in [0.1, 0.15) is 36.0 Å². The van der Waals surface area contributed by atoms with E-state index in [1.54, 1.807) is 48.5 Å². The van der Waals surface area contributed by atoms with Gasteiger partial charge >= 0.3 is 0 Å². The topological polar surface area (TPSA) is 70.8 Å². The minimum Gasteiger partial charge on any atom is -0.464 e. The highest BCUT2D eigenvalue weighted by molar-refractivity contribution is 7.89. The number of amides is 1. The van der Waals surface area contributed by atoms with Gasteiger partial charge in [-0.2, -0.15) is 4.31 Å². The zero-order chi connectivity index (χ0) is 24.0. The summed E-state index contributed by atoms with van der Waals surface area (Å²) in [6.07, 6.45) is 0.563. The minimum absolute atomic E-state index is 0.154. The van der Waals surface area contributed by atoms with E-state index in [1.165, 1.54) is 21.3 Å². The fraction of sp³-hybridized carbons (Fsp3) is 0.320. The van der Waals surface area contributed by atoms with Crippen molar-refractivity contribution in [1.82, 2.24) is 9.21 Å². The van der Waals surface area contributed by atoms with Gasteiger partial charge in [-0.1, -0.05) is 36.8 Å². The Hall–Kier alpha value is -2.97. The Balaban J connectivity index is 1.85. The molecule has 0 aliphatic rings. The molecule has 0 unspecified atom stereocenters. The van der Waals surface area contributed by atoms with E-state index >= 15 is 0 Å². The number of hydrogen-bond donors (Lipinski definition) is 0. The van der Waals surface area contributed by atoms with Crippen molar-refractivity contribution >= 4 is 15.9 Å². The number of carbonyl (C=O) groups excluding carboxylic acids is 1. The van der Waals surface area contributed by atoms with Crippen molar-refractivity contribution in [2.45, 2.75) is 45.2 Å². The molecule has 1 heterocycles. The van der Waals surface area contributed by atoms with Crippen molar-refractivity contribution in [3.63, 3.8) is 0 Å². The predicted molar refractivity (Wildman–Crippen MR) is 124 cm³/mol. The molecule has 2 aromatic carbocycles. The second-order valence-corrected chi connectivity index (χ2v) is 9.98. The molecular weight excluding hydrogens is 443 g/mol. The lowest BCUT2D eigenvalue weighted by molar-refractivity contribution is -0.133. The number of halogens is 1. The van der Waals surface area contributed by atoms with Crippen LogP contribution in [-0.4, -0.2) is 36.6 Å². The third-order valence-electron chi connectivity index (χ3n) is 5.23. The zero-order valence-corrected chi connectivity index (χ0v) is 19.9. The van der Waals surface area contributed by atoms with Gasteiger partial charge < -0.3 is 9.32 Å². The number of sulfonamides is 1. The number of carbonyl (C=O) groups is 1. The van der Waals surface area contributed by atoms with Crippen molar-refractivity contribution in [2.24, 2.45) is 0 Å². The first-order valence-corrected chi connectivity index (χ1v) is 12.3. The highest BCUT2D eigenvalue weighted by Crippen LogP contribution is 2.19. The van der Waals surface area contributed by atoms with Crippen molar-refractivity contribution in [3.05, 3.63) is 89.1 Å². The maximum absolute atomic E-state index is 13.3. The summed E-state index contributed by atoms with van der Waals surface area (Å²) < 4.78 is 46.7. The van der Waals surface area contributed by atoms with Gasteiger partial charge in [-0.25, -0.2) is 12.8 Å². The van der Waals surface area contributed by atoms with Gasteiger partial charge in [-0.15, -0.1) is 0 Å². The lowest BCUT2D eigenvalue weighted by Crippen LogP contribution is -2.42. The molecule has 176 valence electrons. The van der Waals surface area contributed by atoms with E-state index in [0.717, 1.165) is 11.1 Å². The minimum atomic E-state index is -3.84. The third kappa shape index (κ3) is 6.52. The van der Waals surface area contributed by atoms with Crippen molar-refractivity contribution in [1.29, 1.82) is 0 Å². The largest absolute Gasteiger partial charge is 0.464 e. The monoisotopic (exact) mass is 472 g/mol. The average Bonchev–Trinajstić information content (AvgIpc) is 3.19. The number of benzene rings is 2. The van der Waals surface area contributed by atoms with Gasteiger partial charge in [0.15, 0.2) is 0 Å². The van der Waals surface area contributed by atoms with Gasteiger partial charge in [0.25, 0.3) is 0 Å². The van der Waals surface area contributed by atoms with Crippen LogP contribution in [0.4, 0.5) is 4.39 Å². The molecule has 3 aromatic rings. The Bertz CT molecular complexity index is 1170. The maximum atomic E-state index is 13.3. The molecule has 0 bridgehead atoms.